The Kier molecular flexibility index (Phi) is 5.98. The molecule has 1 unspecified atom stereocenters. The fourth-order valence-electron chi connectivity index (χ4n) is 1.50. The summed E-state index contributed by atoms with van der Waals surface area (Å²) >= 11 is 1.82. The molecule has 18 heavy (non-hydrogen) atoms. The summed E-state index contributed by atoms with van der Waals surface area (Å²) in [4.78, 5) is 0.285. The maximum atomic E-state index is 11.5. The van der Waals surface area contributed by atoms with Crippen LogP contribution in [0.4, 0.5) is 5.69 Å². The Bertz CT molecular complexity index is 457. The van der Waals surface area contributed by atoms with Gasteiger partial charge in [-0.25, -0.2) is 13.1 Å². The van der Waals surface area contributed by atoms with Gasteiger partial charge in [-0.2, -0.15) is 11.8 Å². The fraction of sp³-hybridized carbons (Fsp3) is 0.500. The maximum Gasteiger partial charge on any atom is 0.240 e. The second-order valence-corrected chi connectivity index (χ2v) is 6.93. The van der Waals surface area contributed by atoms with Crippen LogP contribution in [0.1, 0.15) is 13.3 Å². The first-order chi connectivity index (χ1) is 8.49. The highest BCUT2D eigenvalue weighted by molar-refractivity contribution is 7.98. The van der Waals surface area contributed by atoms with Crippen LogP contribution >= 0.6 is 11.8 Å². The van der Waals surface area contributed by atoms with Crippen LogP contribution in [0.25, 0.3) is 0 Å². The molecule has 1 aromatic rings. The number of anilines is 1. The molecule has 1 atom stereocenters. The SMILES string of the molecule is CNS(=O)(=O)c1ccc(NC(C)CCSC)cc1. The normalized spacial score (nSPS) is 13.3. The van der Waals surface area contributed by atoms with Gasteiger partial charge in [0.15, 0.2) is 0 Å². The monoisotopic (exact) mass is 288 g/mol. The van der Waals surface area contributed by atoms with Crippen molar-refractivity contribution in [3.05, 3.63) is 24.3 Å². The van der Waals surface area contributed by atoms with Crippen LogP contribution in [0.5, 0.6) is 0 Å². The number of nitrogens with one attached hydrogen (secondary N) is 2. The lowest BCUT2D eigenvalue weighted by atomic mass is 10.2. The lowest BCUT2D eigenvalue weighted by Crippen LogP contribution is -2.19. The van der Waals surface area contributed by atoms with E-state index in [1.165, 1.54) is 7.05 Å². The van der Waals surface area contributed by atoms with E-state index in [-0.39, 0.29) is 4.90 Å². The molecule has 6 heteroatoms. The lowest BCUT2D eigenvalue weighted by molar-refractivity contribution is 0.588. The summed E-state index contributed by atoms with van der Waals surface area (Å²) in [6.45, 7) is 2.12. The van der Waals surface area contributed by atoms with Crippen molar-refractivity contribution in [1.29, 1.82) is 0 Å². The van der Waals surface area contributed by atoms with Gasteiger partial charge in [-0.3, -0.25) is 0 Å². The van der Waals surface area contributed by atoms with Gasteiger partial charge in [0.05, 0.1) is 4.90 Å². The van der Waals surface area contributed by atoms with Crippen molar-refractivity contribution in [3.8, 4) is 0 Å². The van der Waals surface area contributed by atoms with Crippen LogP contribution in [-0.2, 0) is 10.0 Å². The first kappa shape index (κ1) is 15.3. The highest BCUT2D eigenvalue weighted by Gasteiger charge is 2.10. The van der Waals surface area contributed by atoms with Crippen LogP contribution in [0.3, 0.4) is 0 Å². The molecule has 0 bridgehead atoms. The van der Waals surface area contributed by atoms with Gasteiger partial charge in [-0.15, -0.1) is 0 Å². The van der Waals surface area contributed by atoms with Crippen molar-refractivity contribution in [3.63, 3.8) is 0 Å². The predicted octanol–water partition coefficient (Wildman–Crippen LogP) is 2.15. The third-order valence-corrected chi connectivity index (χ3v) is 4.68. The van der Waals surface area contributed by atoms with E-state index in [0.717, 1.165) is 17.9 Å². The average Bonchev–Trinajstić information content (AvgIpc) is 2.37. The highest BCUT2D eigenvalue weighted by Crippen LogP contribution is 2.15. The molecule has 1 rings (SSSR count). The number of thioether (sulfide) groups is 1. The summed E-state index contributed by atoms with van der Waals surface area (Å²) < 4.78 is 25.4. The minimum Gasteiger partial charge on any atom is -0.383 e. The third-order valence-electron chi connectivity index (χ3n) is 2.60. The van der Waals surface area contributed by atoms with Gasteiger partial charge in [-0.05, 0) is 56.7 Å². The van der Waals surface area contributed by atoms with Crippen molar-refractivity contribution < 1.29 is 8.42 Å². The Labute approximate surface area is 114 Å². The standard InChI is InChI=1S/C12H20N2O2S2/c1-10(8-9-17-3)14-11-4-6-12(7-5-11)18(15,16)13-2/h4-7,10,13-14H,8-9H2,1-3H3. The van der Waals surface area contributed by atoms with Crippen molar-refractivity contribution in [2.24, 2.45) is 0 Å². The minimum absolute atomic E-state index is 0.285. The summed E-state index contributed by atoms with van der Waals surface area (Å²) in [6.07, 6.45) is 3.17. The molecule has 0 aliphatic rings. The predicted molar refractivity (Wildman–Crippen MR) is 78.8 cm³/mol. The first-order valence-electron chi connectivity index (χ1n) is 5.78. The topological polar surface area (TPSA) is 58.2 Å². The molecule has 0 radical (unpaired) electrons. The summed E-state index contributed by atoms with van der Waals surface area (Å²) in [5.41, 5.74) is 0.943. The molecular weight excluding hydrogens is 268 g/mol. The van der Waals surface area contributed by atoms with Gasteiger partial charge < -0.3 is 5.32 Å². The zero-order valence-corrected chi connectivity index (χ0v) is 12.6. The van der Waals surface area contributed by atoms with Gasteiger partial charge in [0.1, 0.15) is 0 Å². The summed E-state index contributed by atoms with van der Waals surface area (Å²) in [6, 6.07) is 7.18. The van der Waals surface area contributed by atoms with Crippen LogP contribution in [0, 0.1) is 0 Å². The van der Waals surface area contributed by atoms with E-state index >= 15 is 0 Å². The maximum absolute atomic E-state index is 11.5. The van der Waals surface area contributed by atoms with Crippen molar-refractivity contribution in [2.75, 3.05) is 24.4 Å². The molecule has 0 aliphatic carbocycles. The van der Waals surface area contributed by atoms with E-state index in [9.17, 15) is 8.42 Å². The Hall–Kier alpha value is -0.720. The summed E-state index contributed by atoms with van der Waals surface area (Å²) in [5, 5.41) is 3.34. The van der Waals surface area contributed by atoms with Gasteiger partial charge in [-0.1, -0.05) is 0 Å². The molecule has 0 aliphatic heterocycles. The van der Waals surface area contributed by atoms with E-state index in [0.29, 0.717) is 6.04 Å². The van der Waals surface area contributed by atoms with E-state index in [2.05, 4.69) is 23.2 Å². The fourth-order valence-corrected chi connectivity index (χ4v) is 2.82. The molecule has 0 spiro atoms. The Morgan fingerprint density at radius 3 is 2.39 bits per heavy atom. The first-order valence-corrected chi connectivity index (χ1v) is 8.66. The summed E-state index contributed by atoms with van der Waals surface area (Å²) in [7, 11) is -1.93. The highest BCUT2D eigenvalue weighted by atomic mass is 32.2. The van der Waals surface area contributed by atoms with E-state index in [4.69, 9.17) is 0 Å². The molecule has 0 saturated heterocycles. The number of rotatable bonds is 7. The number of sulfonamides is 1. The number of hydrogen-bond acceptors (Lipinski definition) is 4. The van der Waals surface area contributed by atoms with Gasteiger partial charge in [0, 0.05) is 11.7 Å². The second kappa shape index (κ2) is 7.01. The van der Waals surface area contributed by atoms with Crippen molar-refractivity contribution in [1.82, 2.24) is 4.72 Å². The molecule has 0 heterocycles. The molecular formula is C12H20N2O2S2. The zero-order chi connectivity index (χ0) is 13.6. The number of benzene rings is 1. The number of hydrogen-bond donors (Lipinski definition) is 2. The quantitative estimate of drug-likeness (QED) is 0.807. The molecule has 0 amide bonds. The van der Waals surface area contributed by atoms with Crippen LogP contribution in [-0.4, -0.2) is 33.5 Å². The van der Waals surface area contributed by atoms with E-state index in [1.807, 2.05) is 11.8 Å². The molecule has 4 nitrogen and oxygen atoms in total. The Morgan fingerprint density at radius 2 is 1.89 bits per heavy atom. The molecule has 0 aromatic heterocycles. The largest absolute Gasteiger partial charge is 0.383 e. The van der Waals surface area contributed by atoms with Crippen LogP contribution in [0.2, 0.25) is 0 Å². The van der Waals surface area contributed by atoms with Crippen molar-refractivity contribution >= 4 is 27.5 Å². The van der Waals surface area contributed by atoms with Gasteiger partial charge >= 0.3 is 0 Å². The summed E-state index contributed by atoms with van der Waals surface area (Å²) in [5.74, 6) is 1.11. The molecule has 1 aromatic carbocycles. The van der Waals surface area contributed by atoms with Crippen LogP contribution < -0.4 is 10.0 Å². The molecule has 0 fully saturated rings. The minimum atomic E-state index is -3.34. The van der Waals surface area contributed by atoms with Crippen LogP contribution in [0.15, 0.2) is 29.2 Å². The Morgan fingerprint density at radius 1 is 1.28 bits per heavy atom. The smallest absolute Gasteiger partial charge is 0.240 e. The average molecular weight is 288 g/mol. The van der Waals surface area contributed by atoms with E-state index < -0.39 is 10.0 Å². The lowest BCUT2D eigenvalue weighted by Gasteiger charge is -2.14. The Balaban J connectivity index is 2.66. The second-order valence-electron chi connectivity index (χ2n) is 4.06. The molecule has 102 valence electrons. The van der Waals surface area contributed by atoms with E-state index in [1.54, 1.807) is 24.3 Å². The van der Waals surface area contributed by atoms with Gasteiger partial charge in [0.25, 0.3) is 0 Å². The zero-order valence-electron chi connectivity index (χ0n) is 10.9. The third kappa shape index (κ3) is 4.51. The van der Waals surface area contributed by atoms with Gasteiger partial charge in [0.2, 0.25) is 10.0 Å². The molecule has 2 N–H and O–H groups in total. The van der Waals surface area contributed by atoms with Crippen molar-refractivity contribution in [2.45, 2.75) is 24.3 Å². The molecule has 0 saturated carbocycles.